The maximum Gasteiger partial charge on any atom is 0.336 e. The van der Waals surface area contributed by atoms with Crippen LogP contribution in [0, 0.1) is 11.7 Å². The van der Waals surface area contributed by atoms with Gasteiger partial charge in [0.1, 0.15) is 5.82 Å². The van der Waals surface area contributed by atoms with E-state index in [0.29, 0.717) is 18.6 Å². The smallest absolute Gasteiger partial charge is 0.336 e. The highest BCUT2D eigenvalue weighted by atomic mass is 19.1. The van der Waals surface area contributed by atoms with Crippen LogP contribution in [-0.4, -0.2) is 28.1 Å². The second-order valence-electron chi connectivity index (χ2n) is 6.92. The molecule has 3 rings (SSSR count). The number of aromatic carboxylic acids is 1. The Hall–Kier alpha value is -1.42. The number of carbonyl (C=O) groups is 1. The van der Waals surface area contributed by atoms with E-state index in [1.54, 1.807) is 6.07 Å². The standard InChI is InChI=1S/C18H24FNO2/c1-12-2-6-15(7-3-12)20(16-8-9-16)11-13-4-5-14(19)10-17(13)18(21)22/h4-5,10,12,15-16H,2-3,6-9,11H2,1H3,(H,21,22). The molecule has 0 unspecified atom stereocenters. The Morgan fingerprint density at radius 1 is 1.18 bits per heavy atom. The van der Waals surface area contributed by atoms with Gasteiger partial charge in [0.05, 0.1) is 5.56 Å². The van der Waals surface area contributed by atoms with E-state index in [1.807, 2.05) is 0 Å². The molecule has 3 nitrogen and oxygen atoms in total. The minimum absolute atomic E-state index is 0.106. The SMILES string of the molecule is CC1CCC(N(Cc2ccc(F)cc2C(=O)O)C2CC2)CC1. The van der Waals surface area contributed by atoms with Gasteiger partial charge < -0.3 is 5.11 Å². The molecule has 0 amide bonds. The van der Waals surface area contributed by atoms with Crippen molar-refractivity contribution in [2.45, 2.75) is 64.1 Å². The van der Waals surface area contributed by atoms with E-state index < -0.39 is 11.8 Å². The average Bonchev–Trinajstić information content (AvgIpc) is 3.31. The summed E-state index contributed by atoms with van der Waals surface area (Å²) < 4.78 is 13.3. The first-order chi connectivity index (χ1) is 10.5. The summed E-state index contributed by atoms with van der Waals surface area (Å²) in [6, 6.07) is 5.29. The van der Waals surface area contributed by atoms with Gasteiger partial charge in [-0.25, -0.2) is 9.18 Å². The molecular formula is C18H24FNO2. The van der Waals surface area contributed by atoms with Crippen LogP contribution in [0.25, 0.3) is 0 Å². The van der Waals surface area contributed by atoms with Crippen molar-refractivity contribution < 1.29 is 14.3 Å². The second kappa shape index (κ2) is 6.37. The van der Waals surface area contributed by atoms with Gasteiger partial charge in [-0.15, -0.1) is 0 Å². The number of halogens is 1. The summed E-state index contributed by atoms with van der Waals surface area (Å²) in [6.45, 7) is 2.94. The van der Waals surface area contributed by atoms with Crippen LogP contribution in [0.15, 0.2) is 18.2 Å². The number of hydrogen-bond donors (Lipinski definition) is 1. The number of carboxylic acid groups (broad SMARTS) is 1. The average molecular weight is 305 g/mol. The normalized spacial score (nSPS) is 25.4. The second-order valence-corrected chi connectivity index (χ2v) is 6.92. The molecule has 0 atom stereocenters. The van der Waals surface area contributed by atoms with Crippen LogP contribution in [0.3, 0.4) is 0 Å². The third kappa shape index (κ3) is 3.49. The summed E-state index contributed by atoms with van der Waals surface area (Å²) in [6.07, 6.45) is 7.31. The number of benzene rings is 1. The fraction of sp³-hybridized carbons (Fsp3) is 0.611. The van der Waals surface area contributed by atoms with E-state index in [4.69, 9.17) is 0 Å². The van der Waals surface area contributed by atoms with E-state index in [9.17, 15) is 14.3 Å². The third-order valence-corrected chi connectivity index (χ3v) is 5.13. The zero-order chi connectivity index (χ0) is 15.7. The van der Waals surface area contributed by atoms with Crippen LogP contribution in [0.2, 0.25) is 0 Å². The Labute approximate surface area is 131 Å². The molecule has 1 N–H and O–H groups in total. The number of carboxylic acids is 1. The number of nitrogens with zero attached hydrogens (tertiary/aromatic N) is 1. The highest BCUT2D eigenvalue weighted by Crippen LogP contribution is 2.36. The van der Waals surface area contributed by atoms with E-state index in [1.165, 1.54) is 44.6 Å². The first-order valence-electron chi connectivity index (χ1n) is 8.32. The zero-order valence-electron chi connectivity index (χ0n) is 13.1. The Bertz CT molecular complexity index is 548. The van der Waals surface area contributed by atoms with Crippen LogP contribution in [0.5, 0.6) is 0 Å². The van der Waals surface area contributed by atoms with Crippen molar-refractivity contribution in [1.29, 1.82) is 0 Å². The highest BCUT2D eigenvalue weighted by molar-refractivity contribution is 5.89. The molecule has 1 aromatic carbocycles. The fourth-order valence-corrected chi connectivity index (χ4v) is 3.62. The minimum Gasteiger partial charge on any atom is -0.478 e. The van der Waals surface area contributed by atoms with Gasteiger partial charge in [0.25, 0.3) is 0 Å². The maximum atomic E-state index is 13.3. The molecule has 0 aliphatic heterocycles. The predicted molar refractivity (Wildman–Crippen MR) is 83.3 cm³/mol. The number of rotatable bonds is 5. The number of hydrogen-bond acceptors (Lipinski definition) is 2. The molecule has 0 heterocycles. The lowest BCUT2D eigenvalue weighted by Crippen LogP contribution is -2.39. The molecule has 2 aliphatic rings. The molecular weight excluding hydrogens is 281 g/mol. The molecule has 22 heavy (non-hydrogen) atoms. The van der Waals surface area contributed by atoms with Crippen molar-refractivity contribution in [3.8, 4) is 0 Å². The monoisotopic (exact) mass is 305 g/mol. The van der Waals surface area contributed by atoms with E-state index in [-0.39, 0.29) is 5.56 Å². The van der Waals surface area contributed by atoms with Crippen molar-refractivity contribution in [1.82, 2.24) is 4.90 Å². The van der Waals surface area contributed by atoms with Gasteiger partial charge in [0, 0.05) is 18.6 Å². The molecule has 2 saturated carbocycles. The van der Waals surface area contributed by atoms with E-state index >= 15 is 0 Å². The molecule has 4 heteroatoms. The van der Waals surface area contributed by atoms with Gasteiger partial charge in [-0.3, -0.25) is 4.90 Å². The first-order valence-corrected chi connectivity index (χ1v) is 8.32. The van der Waals surface area contributed by atoms with Crippen LogP contribution < -0.4 is 0 Å². The van der Waals surface area contributed by atoms with Crippen LogP contribution in [0.1, 0.15) is 61.4 Å². The van der Waals surface area contributed by atoms with Gasteiger partial charge >= 0.3 is 5.97 Å². The van der Waals surface area contributed by atoms with Crippen LogP contribution in [0.4, 0.5) is 4.39 Å². The van der Waals surface area contributed by atoms with Gasteiger partial charge in [0.15, 0.2) is 0 Å². The van der Waals surface area contributed by atoms with Crippen molar-refractivity contribution in [3.63, 3.8) is 0 Å². The highest BCUT2D eigenvalue weighted by Gasteiger charge is 2.35. The Balaban J connectivity index is 1.78. The van der Waals surface area contributed by atoms with Crippen molar-refractivity contribution in [2.75, 3.05) is 0 Å². The topological polar surface area (TPSA) is 40.5 Å². The first kappa shape index (κ1) is 15.5. The summed E-state index contributed by atoms with van der Waals surface area (Å²) in [5.74, 6) is -0.717. The van der Waals surface area contributed by atoms with E-state index in [2.05, 4.69) is 11.8 Å². The van der Waals surface area contributed by atoms with Crippen molar-refractivity contribution in [3.05, 3.63) is 35.1 Å². The van der Waals surface area contributed by atoms with Gasteiger partial charge in [-0.05, 0) is 62.1 Å². The van der Waals surface area contributed by atoms with Gasteiger partial charge in [-0.2, -0.15) is 0 Å². The molecule has 0 spiro atoms. The Kier molecular flexibility index (Phi) is 4.48. The van der Waals surface area contributed by atoms with E-state index in [0.717, 1.165) is 17.5 Å². The van der Waals surface area contributed by atoms with Crippen molar-refractivity contribution in [2.24, 2.45) is 5.92 Å². The molecule has 2 fully saturated rings. The molecule has 0 aromatic heterocycles. The summed E-state index contributed by atoms with van der Waals surface area (Å²) in [4.78, 5) is 13.9. The quantitative estimate of drug-likeness (QED) is 0.891. The van der Waals surface area contributed by atoms with Crippen molar-refractivity contribution >= 4 is 5.97 Å². The molecule has 0 saturated heterocycles. The largest absolute Gasteiger partial charge is 0.478 e. The zero-order valence-corrected chi connectivity index (χ0v) is 13.1. The minimum atomic E-state index is -1.04. The lowest BCUT2D eigenvalue weighted by atomic mass is 9.86. The molecule has 1 aromatic rings. The predicted octanol–water partition coefficient (Wildman–Crippen LogP) is 4.07. The fourth-order valence-electron chi connectivity index (χ4n) is 3.62. The van der Waals surface area contributed by atoms with Gasteiger partial charge in [-0.1, -0.05) is 13.0 Å². The van der Waals surface area contributed by atoms with Crippen LogP contribution >= 0.6 is 0 Å². The lowest BCUT2D eigenvalue weighted by molar-refractivity contribution is 0.0691. The Morgan fingerprint density at radius 2 is 1.77 bits per heavy atom. The lowest BCUT2D eigenvalue weighted by Gasteiger charge is -2.36. The van der Waals surface area contributed by atoms with Gasteiger partial charge in [0.2, 0.25) is 0 Å². The molecule has 0 bridgehead atoms. The third-order valence-electron chi connectivity index (χ3n) is 5.13. The maximum absolute atomic E-state index is 13.3. The van der Waals surface area contributed by atoms with Crippen LogP contribution in [-0.2, 0) is 6.54 Å². The molecule has 120 valence electrons. The summed E-state index contributed by atoms with van der Waals surface area (Å²) in [5, 5.41) is 9.32. The summed E-state index contributed by atoms with van der Waals surface area (Å²) >= 11 is 0. The molecule has 2 aliphatic carbocycles. The summed E-state index contributed by atoms with van der Waals surface area (Å²) in [5.41, 5.74) is 0.842. The molecule has 0 radical (unpaired) electrons. The summed E-state index contributed by atoms with van der Waals surface area (Å²) in [7, 11) is 0. The Morgan fingerprint density at radius 3 is 2.32 bits per heavy atom.